The number of carbonyl (C=O) groups excluding carboxylic acids is 2. The highest BCUT2D eigenvalue weighted by atomic mass is 16.2. The fourth-order valence-electron chi connectivity index (χ4n) is 5.87. The lowest BCUT2D eigenvalue weighted by atomic mass is 9.68. The Labute approximate surface area is 154 Å². The van der Waals surface area contributed by atoms with Crippen LogP contribution >= 0.6 is 0 Å². The van der Waals surface area contributed by atoms with Crippen LogP contribution < -0.4 is 10.2 Å². The van der Waals surface area contributed by atoms with Gasteiger partial charge in [0.15, 0.2) is 0 Å². The summed E-state index contributed by atoms with van der Waals surface area (Å²) in [4.78, 5) is 28.7. The van der Waals surface area contributed by atoms with Crippen molar-refractivity contribution in [2.45, 2.75) is 51.0 Å². The predicted molar refractivity (Wildman–Crippen MR) is 101 cm³/mol. The van der Waals surface area contributed by atoms with E-state index in [1.807, 2.05) is 29.2 Å². The van der Waals surface area contributed by atoms with Gasteiger partial charge in [-0.15, -0.1) is 0 Å². The lowest BCUT2D eigenvalue weighted by Gasteiger charge is -2.38. The molecule has 1 N–H and O–H groups in total. The van der Waals surface area contributed by atoms with Crippen LogP contribution in [0.25, 0.3) is 0 Å². The van der Waals surface area contributed by atoms with Crippen molar-refractivity contribution in [2.75, 3.05) is 23.3 Å². The lowest BCUT2D eigenvalue weighted by molar-refractivity contribution is -0.117. The molecule has 138 valence electrons. The maximum atomic E-state index is 12.9. The molecule has 5 heteroatoms. The molecular formula is C21H27N3O2. The Morgan fingerprint density at radius 1 is 0.962 bits per heavy atom. The second kappa shape index (κ2) is 6.29. The van der Waals surface area contributed by atoms with Crippen molar-refractivity contribution in [3.8, 4) is 0 Å². The first-order valence-corrected chi connectivity index (χ1v) is 10.1. The van der Waals surface area contributed by atoms with Gasteiger partial charge in [-0.1, -0.05) is 0 Å². The maximum absolute atomic E-state index is 12.9. The third kappa shape index (κ3) is 2.87. The molecule has 2 unspecified atom stereocenters. The van der Waals surface area contributed by atoms with Crippen LogP contribution in [-0.4, -0.2) is 36.0 Å². The number of hydrogen-bond acceptors (Lipinski definition) is 2. The fourth-order valence-corrected chi connectivity index (χ4v) is 5.87. The Balaban J connectivity index is 1.27. The van der Waals surface area contributed by atoms with Gasteiger partial charge in [-0.25, -0.2) is 4.79 Å². The summed E-state index contributed by atoms with van der Waals surface area (Å²) in [6.45, 7) is 1.72. The number of rotatable bonds is 2. The number of nitrogens with zero attached hydrogens (tertiary/aromatic N) is 2. The minimum absolute atomic E-state index is 0.0493. The molecule has 0 radical (unpaired) electrons. The van der Waals surface area contributed by atoms with Gasteiger partial charge in [0.1, 0.15) is 0 Å². The summed E-state index contributed by atoms with van der Waals surface area (Å²) in [7, 11) is 0. The Morgan fingerprint density at radius 3 is 2.31 bits per heavy atom. The molecule has 4 bridgehead atoms. The van der Waals surface area contributed by atoms with Gasteiger partial charge < -0.3 is 15.1 Å². The fraction of sp³-hybridized carbons (Fsp3) is 0.619. The van der Waals surface area contributed by atoms with Crippen LogP contribution in [0.4, 0.5) is 16.2 Å². The number of carbonyl (C=O) groups is 2. The molecule has 3 saturated heterocycles. The van der Waals surface area contributed by atoms with E-state index in [1.54, 1.807) is 0 Å². The van der Waals surface area contributed by atoms with Gasteiger partial charge >= 0.3 is 6.03 Å². The number of amides is 3. The van der Waals surface area contributed by atoms with Gasteiger partial charge in [0.2, 0.25) is 5.91 Å². The monoisotopic (exact) mass is 353 g/mol. The van der Waals surface area contributed by atoms with Crippen molar-refractivity contribution < 1.29 is 9.59 Å². The number of fused-ring (bicyclic) bond motifs is 1. The van der Waals surface area contributed by atoms with Crippen LogP contribution in [-0.2, 0) is 4.79 Å². The van der Waals surface area contributed by atoms with Gasteiger partial charge in [-0.05, 0) is 80.5 Å². The molecule has 5 fully saturated rings. The van der Waals surface area contributed by atoms with Crippen molar-refractivity contribution in [3.63, 3.8) is 0 Å². The summed E-state index contributed by atoms with van der Waals surface area (Å²) in [5, 5.41) is 3.09. The first kappa shape index (κ1) is 16.2. The third-order valence-electron chi connectivity index (χ3n) is 6.87. The molecule has 1 aromatic carbocycles. The van der Waals surface area contributed by atoms with Gasteiger partial charge in [-0.2, -0.15) is 0 Å². The summed E-state index contributed by atoms with van der Waals surface area (Å²) in [5.41, 5.74) is 1.74. The molecule has 3 amide bonds. The lowest BCUT2D eigenvalue weighted by Crippen LogP contribution is -2.44. The smallest absolute Gasteiger partial charge is 0.321 e. The van der Waals surface area contributed by atoms with Crippen molar-refractivity contribution in [1.82, 2.24) is 4.90 Å². The highest BCUT2D eigenvalue weighted by molar-refractivity contribution is 5.96. The Hall–Kier alpha value is -2.04. The molecule has 5 aliphatic rings. The van der Waals surface area contributed by atoms with Gasteiger partial charge in [0.25, 0.3) is 0 Å². The third-order valence-corrected chi connectivity index (χ3v) is 6.87. The summed E-state index contributed by atoms with van der Waals surface area (Å²) in [5.74, 6) is 2.57. The van der Waals surface area contributed by atoms with Crippen molar-refractivity contribution in [3.05, 3.63) is 24.3 Å². The topological polar surface area (TPSA) is 52.7 Å². The largest absolute Gasteiger partial charge is 0.322 e. The first-order valence-electron chi connectivity index (χ1n) is 10.1. The van der Waals surface area contributed by atoms with Crippen molar-refractivity contribution in [1.29, 1.82) is 0 Å². The molecular weight excluding hydrogens is 326 g/mol. The molecule has 1 aromatic rings. The molecule has 3 aliphatic heterocycles. The van der Waals surface area contributed by atoms with E-state index in [4.69, 9.17) is 0 Å². The van der Waals surface area contributed by atoms with Crippen LogP contribution in [0.2, 0.25) is 0 Å². The van der Waals surface area contributed by atoms with Crippen molar-refractivity contribution in [2.24, 2.45) is 17.8 Å². The normalized spacial score (nSPS) is 32.8. The Morgan fingerprint density at radius 2 is 1.65 bits per heavy atom. The summed E-state index contributed by atoms with van der Waals surface area (Å²) in [6.07, 6.45) is 7.96. The number of hydrogen-bond donors (Lipinski definition) is 1. The minimum Gasteiger partial charge on any atom is -0.321 e. The van der Waals surface area contributed by atoms with E-state index in [1.165, 1.54) is 32.1 Å². The maximum Gasteiger partial charge on any atom is 0.322 e. The molecule has 2 atom stereocenters. The zero-order valence-corrected chi connectivity index (χ0v) is 15.2. The van der Waals surface area contributed by atoms with E-state index in [9.17, 15) is 9.59 Å². The van der Waals surface area contributed by atoms with E-state index in [0.29, 0.717) is 18.4 Å². The van der Waals surface area contributed by atoms with E-state index in [2.05, 4.69) is 10.2 Å². The SMILES string of the molecule is O=C1CCCN1c1ccc(NC(=O)N2CC3CC4CC(C3)CC2C4)cc1. The quantitative estimate of drug-likeness (QED) is 0.878. The van der Waals surface area contributed by atoms with Crippen LogP contribution in [0.3, 0.4) is 0 Å². The highest BCUT2D eigenvalue weighted by Gasteiger charge is 2.44. The van der Waals surface area contributed by atoms with E-state index < -0.39 is 0 Å². The van der Waals surface area contributed by atoms with Gasteiger partial charge in [-0.3, -0.25) is 4.79 Å². The van der Waals surface area contributed by atoms with Crippen LogP contribution in [0, 0.1) is 17.8 Å². The average molecular weight is 353 g/mol. The zero-order valence-electron chi connectivity index (χ0n) is 15.2. The van der Waals surface area contributed by atoms with E-state index in [0.717, 1.165) is 42.7 Å². The summed E-state index contributed by atoms with van der Waals surface area (Å²) in [6, 6.07) is 8.19. The molecule has 2 saturated carbocycles. The highest BCUT2D eigenvalue weighted by Crippen LogP contribution is 2.47. The van der Waals surface area contributed by atoms with E-state index >= 15 is 0 Å². The molecule has 26 heavy (non-hydrogen) atoms. The number of benzene rings is 1. The second-order valence-electron chi connectivity index (χ2n) is 8.71. The minimum atomic E-state index is 0.0493. The summed E-state index contributed by atoms with van der Waals surface area (Å²) >= 11 is 0. The molecule has 3 heterocycles. The first-order chi connectivity index (χ1) is 12.7. The average Bonchev–Trinajstić information content (AvgIpc) is 2.95. The molecule has 0 aromatic heterocycles. The second-order valence-corrected chi connectivity index (χ2v) is 8.71. The van der Waals surface area contributed by atoms with Crippen molar-refractivity contribution >= 4 is 23.3 Å². The molecule has 0 spiro atoms. The molecule has 6 rings (SSSR count). The Kier molecular flexibility index (Phi) is 3.91. The van der Waals surface area contributed by atoms with Crippen LogP contribution in [0.1, 0.15) is 44.9 Å². The van der Waals surface area contributed by atoms with Gasteiger partial charge in [0.05, 0.1) is 0 Å². The number of anilines is 2. The van der Waals surface area contributed by atoms with Gasteiger partial charge in [0, 0.05) is 36.9 Å². The molecule has 2 aliphatic carbocycles. The van der Waals surface area contributed by atoms with Crippen LogP contribution in [0.15, 0.2) is 24.3 Å². The standard InChI is InChI=1S/C21H27N3O2/c25-20-2-1-7-23(20)18-5-3-17(4-6-18)22-21(26)24-13-16-9-14-8-15(10-16)12-19(24)11-14/h3-6,14-16,19H,1-2,7-13H2,(H,22,26). The number of urea groups is 1. The van der Waals surface area contributed by atoms with Crippen LogP contribution in [0.5, 0.6) is 0 Å². The summed E-state index contributed by atoms with van der Waals surface area (Å²) < 4.78 is 0. The predicted octanol–water partition coefficient (Wildman–Crippen LogP) is 3.86. The zero-order chi connectivity index (χ0) is 17.7. The number of nitrogens with one attached hydrogen (secondary N) is 1. The Bertz CT molecular complexity index is 702. The van der Waals surface area contributed by atoms with E-state index in [-0.39, 0.29) is 11.9 Å². The molecule has 5 nitrogen and oxygen atoms in total.